The van der Waals surface area contributed by atoms with E-state index in [1.165, 1.54) is 16.4 Å². The number of sulfonamides is 1. The molecular weight excluding hydrogens is 403 g/mol. The Kier molecular flexibility index (Phi) is 5.16. The summed E-state index contributed by atoms with van der Waals surface area (Å²) in [6.07, 6.45) is 3.37. The van der Waals surface area contributed by atoms with Gasteiger partial charge in [-0.2, -0.15) is 4.31 Å². The molecule has 5 nitrogen and oxygen atoms in total. The minimum Gasteiger partial charge on any atom is -0.308 e. The molecule has 1 fully saturated rings. The quantitative estimate of drug-likeness (QED) is 0.754. The molecule has 4 rings (SSSR count). The fraction of sp³-hybridized carbons (Fsp3) is 0.350. The van der Waals surface area contributed by atoms with Gasteiger partial charge in [-0.3, -0.25) is 4.79 Å². The molecule has 1 saturated heterocycles. The number of carbonyl (C=O) groups excluding carboxylic acids is 1. The van der Waals surface area contributed by atoms with E-state index in [-0.39, 0.29) is 21.4 Å². The molecule has 0 aliphatic carbocycles. The van der Waals surface area contributed by atoms with Crippen LogP contribution in [0.25, 0.3) is 0 Å². The van der Waals surface area contributed by atoms with Crippen LogP contribution in [-0.2, 0) is 16.4 Å². The summed E-state index contributed by atoms with van der Waals surface area (Å²) in [5.41, 5.74) is 1.70. The topological polar surface area (TPSA) is 57.7 Å². The van der Waals surface area contributed by atoms with Gasteiger partial charge in [-0.25, -0.2) is 12.8 Å². The van der Waals surface area contributed by atoms with Crippen LogP contribution in [0.5, 0.6) is 0 Å². The monoisotopic (exact) mass is 422 g/mol. The zero-order valence-electron chi connectivity index (χ0n) is 15.2. The smallest absolute Gasteiger partial charge is 0.259 e. The van der Waals surface area contributed by atoms with E-state index in [4.69, 9.17) is 11.6 Å². The number of anilines is 1. The van der Waals surface area contributed by atoms with Crippen LogP contribution in [0.1, 0.15) is 35.2 Å². The van der Waals surface area contributed by atoms with Gasteiger partial charge in [0, 0.05) is 25.3 Å². The molecule has 2 aliphatic rings. The minimum absolute atomic E-state index is 0.0581. The lowest BCUT2D eigenvalue weighted by molar-refractivity contribution is 0.0989. The number of hydrogen-bond donors (Lipinski definition) is 0. The van der Waals surface area contributed by atoms with Crippen molar-refractivity contribution >= 4 is 33.2 Å². The van der Waals surface area contributed by atoms with Gasteiger partial charge in [0.25, 0.3) is 5.91 Å². The van der Waals surface area contributed by atoms with E-state index in [1.54, 1.807) is 23.1 Å². The van der Waals surface area contributed by atoms with Gasteiger partial charge in [0.2, 0.25) is 10.0 Å². The van der Waals surface area contributed by atoms with Gasteiger partial charge < -0.3 is 4.90 Å². The fourth-order valence-electron chi connectivity index (χ4n) is 3.81. The highest BCUT2D eigenvalue weighted by Gasteiger charge is 2.31. The van der Waals surface area contributed by atoms with E-state index in [2.05, 4.69) is 0 Å². The van der Waals surface area contributed by atoms with Gasteiger partial charge in [0.15, 0.2) is 0 Å². The van der Waals surface area contributed by atoms with Gasteiger partial charge in [-0.15, -0.1) is 0 Å². The lowest BCUT2D eigenvalue weighted by Crippen LogP contribution is -2.35. The summed E-state index contributed by atoms with van der Waals surface area (Å²) in [6.45, 7) is 1.52. The highest BCUT2D eigenvalue weighted by molar-refractivity contribution is 7.89. The highest BCUT2D eigenvalue weighted by atomic mass is 35.5. The van der Waals surface area contributed by atoms with Crippen LogP contribution >= 0.6 is 11.6 Å². The summed E-state index contributed by atoms with van der Waals surface area (Å²) in [4.78, 5) is 14.7. The van der Waals surface area contributed by atoms with Crippen molar-refractivity contribution in [3.8, 4) is 0 Å². The lowest BCUT2D eigenvalue weighted by atomic mass is 10.1. The van der Waals surface area contributed by atoms with Crippen LogP contribution in [0.4, 0.5) is 10.1 Å². The van der Waals surface area contributed by atoms with Crippen LogP contribution in [0.2, 0.25) is 5.02 Å². The minimum atomic E-state index is -3.52. The van der Waals surface area contributed by atoms with Crippen molar-refractivity contribution in [2.24, 2.45) is 0 Å². The van der Waals surface area contributed by atoms with Crippen molar-refractivity contribution in [2.75, 3.05) is 24.5 Å². The Morgan fingerprint density at radius 1 is 1.00 bits per heavy atom. The zero-order chi connectivity index (χ0) is 19.9. The Labute approximate surface area is 168 Å². The Balaban J connectivity index is 1.62. The second-order valence-corrected chi connectivity index (χ2v) is 9.43. The molecular formula is C20H20ClFN2O3S. The number of halogens is 2. The van der Waals surface area contributed by atoms with Gasteiger partial charge in [-0.1, -0.05) is 18.0 Å². The number of carbonyl (C=O) groups is 1. The van der Waals surface area contributed by atoms with E-state index in [0.717, 1.165) is 30.9 Å². The number of benzene rings is 2. The van der Waals surface area contributed by atoms with E-state index in [0.29, 0.717) is 31.7 Å². The first-order valence-corrected chi connectivity index (χ1v) is 11.1. The molecule has 0 N–H and O–H groups in total. The number of nitrogens with zero attached hydrogens (tertiary/aromatic N) is 2. The Morgan fingerprint density at radius 2 is 1.75 bits per heavy atom. The maximum absolute atomic E-state index is 13.3. The predicted octanol–water partition coefficient (Wildman–Crippen LogP) is 3.86. The number of piperidine rings is 1. The van der Waals surface area contributed by atoms with Gasteiger partial charge in [0.05, 0.1) is 15.5 Å². The summed E-state index contributed by atoms with van der Waals surface area (Å²) < 4.78 is 40.6. The Hall–Kier alpha value is -1.96. The third-order valence-corrected chi connectivity index (χ3v) is 7.51. The van der Waals surface area contributed by atoms with Crippen molar-refractivity contribution in [3.05, 3.63) is 58.4 Å². The molecule has 0 bridgehead atoms. The summed E-state index contributed by atoms with van der Waals surface area (Å²) in [6, 6.07) is 8.57. The molecule has 0 spiro atoms. The number of hydrogen-bond acceptors (Lipinski definition) is 3. The van der Waals surface area contributed by atoms with Crippen molar-refractivity contribution < 1.29 is 17.6 Å². The number of amides is 1. The van der Waals surface area contributed by atoms with Gasteiger partial charge in [-0.05, 0) is 61.2 Å². The van der Waals surface area contributed by atoms with E-state index >= 15 is 0 Å². The summed E-state index contributed by atoms with van der Waals surface area (Å²) in [5, 5.41) is 0.0581. The molecule has 0 saturated carbocycles. The molecule has 28 heavy (non-hydrogen) atoms. The van der Waals surface area contributed by atoms with Crippen molar-refractivity contribution in [1.82, 2.24) is 4.31 Å². The second kappa shape index (κ2) is 7.46. The normalized spacial score (nSPS) is 17.6. The first-order chi connectivity index (χ1) is 13.4. The fourth-order valence-corrected chi connectivity index (χ4v) is 5.63. The standard InChI is InChI=1S/C20H20ClFN2O3S/c21-18-13-15(22)4-6-17(18)20(25)24-11-8-14-12-16(5-7-19(14)24)28(26,27)23-9-2-1-3-10-23/h4-7,12-13H,1-3,8-11H2. The third-order valence-electron chi connectivity index (χ3n) is 5.31. The molecule has 2 heterocycles. The zero-order valence-corrected chi connectivity index (χ0v) is 16.8. The summed E-state index contributed by atoms with van der Waals surface area (Å²) in [7, 11) is -3.52. The van der Waals surface area contributed by atoms with Crippen LogP contribution in [0.3, 0.4) is 0 Å². The van der Waals surface area contributed by atoms with Gasteiger partial charge >= 0.3 is 0 Å². The molecule has 148 valence electrons. The molecule has 0 aromatic heterocycles. The second-order valence-electron chi connectivity index (χ2n) is 7.09. The molecule has 0 radical (unpaired) electrons. The first-order valence-electron chi connectivity index (χ1n) is 9.28. The van der Waals surface area contributed by atoms with E-state index in [1.807, 2.05) is 0 Å². The Bertz CT molecular complexity index is 1040. The maximum Gasteiger partial charge on any atom is 0.259 e. The molecule has 1 amide bonds. The number of fused-ring (bicyclic) bond motifs is 1. The van der Waals surface area contributed by atoms with Crippen molar-refractivity contribution in [3.63, 3.8) is 0 Å². The lowest BCUT2D eigenvalue weighted by Gasteiger charge is -2.26. The van der Waals surface area contributed by atoms with Crippen LogP contribution in [-0.4, -0.2) is 38.3 Å². The van der Waals surface area contributed by atoms with Crippen LogP contribution in [0.15, 0.2) is 41.3 Å². The molecule has 2 aromatic rings. The first kappa shape index (κ1) is 19.4. The molecule has 0 unspecified atom stereocenters. The van der Waals surface area contributed by atoms with E-state index < -0.39 is 15.8 Å². The highest BCUT2D eigenvalue weighted by Crippen LogP contribution is 2.33. The molecule has 2 aromatic carbocycles. The largest absolute Gasteiger partial charge is 0.308 e. The SMILES string of the molecule is O=C(c1ccc(F)cc1Cl)N1CCc2cc(S(=O)(=O)N3CCCCC3)ccc21. The predicted molar refractivity (Wildman–Crippen MR) is 106 cm³/mol. The molecule has 8 heteroatoms. The molecule has 0 atom stereocenters. The van der Waals surface area contributed by atoms with Crippen LogP contribution in [0, 0.1) is 5.82 Å². The molecule has 2 aliphatic heterocycles. The maximum atomic E-state index is 13.3. The third kappa shape index (κ3) is 3.43. The summed E-state index contributed by atoms with van der Waals surface area (Å²) >= 11 is 6.03. The van der Waals surface area contributed by atoms with Crippen molar-refractivity contribution in [1.29, 1.82) is 0 Å². The summed E-state index contributed by atoms with van der Waals surface area (Å²) in [5.74, 6) is -0.827. The Morgan fingerprint density at radius 3 is 2.46 bits per heavy atom. The average molecular weight is 423 g/mol. The van der Waals surface area contributed by atoms with Gasteiger partial charge in [0.1, 0.15) is 5.82 Å². The van der Waals surface area contributed by atoms with E-state index in [9.17, 15) is 17.6 Å². The number of rotatable bonds is 3. The average Bonchev–Trinajstić information content (AvgIpc) is 3.11. The van der Waals surface area contributed by atoms with Crippen molar-refractivity contribution in [2.45, 2.75) is 30.6 Å². The van der Waals surface area contributed by atoms with Crippen LogP contribution < -0.4 is 4.90 Å².